The summed E-state index contributed by atoms with van der Waals surface area (Å²) in [6.07, 6.45) is 2.18. The molecule has 13 heteroatoms. The fraction of sp³-hybridized carbons (Fsp3) is 0.367. The number of carbonyl (C=O) groups excluding carboxylic acids is 4. The molecular formula is C30H38N6O7. The number of carbonyl (C=O) groups is 5. The lowest BCUT2D eigenvalue weighted by atomic mass is 10.0. The van der Waals surface area contributed by atoms with Crippen molar-refractivity contribution < 1.29 is 34.2 Å². The zero-order valence-corrected chi connectivity index (χ0v) is 24.1. The van der Waals surface area contributed by atoms with Crippen LogP contribution in [0.4, 0.5) is 0 Å². The summed E-state index contributed by atoms with van der Waals surface area (Å²) in [7, 11) is 0. The van der Waals surface area contributed by atoms with E-state index in [1.807, 2.05) is 38.1 Å². The molecule has 0 unspecified atom stereocenters. The van der Waals surface area contributed by atoms with E-state index in [-0.39, 0.29) is 30.9 Å². The van der Waals surface area contributed by atoms with E-state index >= 15 is 0 Å². The number of aliphatic carboxylic acids is 1. The highest BCUT2D eigenvalue weighted by molar-refractivity contribution is 5.94. The first kappa shape index (κ1) is 32.6. The average molecular weight is 595 g/mol. The van der Waals surface area contributed by atoms with Gasteiger partial charge in [-0.15, -0.1) is 0 Å². The zero-order chi connectivity index (χ0) is 31.5. The third-order valence-electron chi connectivity index (χ3n) is 6.67. The monoisotopic (exact) mass is 594 g/mol. The number of nitrogens with one attached hydrogen (secondary N) is 5. The van der Waals surface area contributed by atoms with Crippen LogP contribution in [-0.4, -0.2) is 76.0 Å². The molecule has 0 saturated carbocycles. The van der Waals surface area contributed by atoms with Gasteiger partial charge in [0.2, 0.25) is 23.6 Å². The van der Waals surface area contributed by atoms with Gasteiger partial charge in [-0.3, -0.25) is 19.2 Å². The Morgan fingerprint density at radius 3 is 2.19 bits per heavy atom. The molecule has 0 fully saturated rings. The fourth-order valence-corrected chi connectivity index (χ4v) is 4.46. The third kappa shape index (κ3) is 10.1. The molecule has 3 atom stereocenters. The van der Waals surface area contributed by atoms with E-state index in [4.69, 9.17) is 5.73 Å². The Bertz CT molecular complexity index is 1440. The number of amides is 4. The number of aromatic nitrogens is 1. The van der Waals surface area contributed by atoms with Crippen LogP contribution in [0.1, 0.15) is 31.4 Å². The van der Waals surface area contributed by atoms with Crippen LogP contribution in [0.2, 0.25) is 0 Å². The van der Waals surface area contributed by atoms with Crippen LogP contribution in [0.5, 0.6) is 5.75 Å². The Morgan fingerprint density at radius 1 is 0.837 bits per heavy atom. The largest absolute Gasteiger partial charge is 0.508 e. The van der Waals surface area contributed by atoms with Gasteiger partial charge < -0.3 is 42.2 Å². The molecule has 1 aromatic heterocycles. The minimum Gasteiger partial charge on any atom is -0.508 e. The molecule has 1 heterocycles. The number of benzene rings is 2. The van der Waals surface area contributed by atoms with Crippen molar-refractivity contribution in [2.75, 3.05) is 13.1 Å². The standard InChI is InChI=1S/C30H38N6O7/c1-17(2)11-25(30(42)43)36-29(41)24(13-19-14-32-23-6-4-3-5-21(19)23)35-27(39)16-33-26(38)15-34-28(40)22(31)12-18-7-9-20(37)10-8-18/h3-10,14,17,22,24-25,32,37H,11-13,15-16,31H2,1-2H3,(H,33,38)(H,34,40)(H,35,39)(H,36,41)(H,42,43)/t22-,24+,25-/m0/s1. The normalized spacial score (nSPS) is 13.1. The lowest BCUT2D eigenvalue weighted by molar-refractivity contribution is -0.142. The van der Waals surface area contributed by atoms with Crippen molar-refractivity contribution in [3.05, 3.63) is 65.9 Å². The Hall–Kier alpha value is -4.91. The maximum atomic E-state index is 13.2. The molecule has 0 saturated heterocycles. The molecule has 43 heavy (non-hydrogen) atoms. The maximum Gasteiger partial charge on any atom is 0.326 e. The molecule has 0 aliphatic rings. The number of H-pyrrole nitrogens is 1. The van der Waals surface area contributed by atoms with Gasteiger partial charge in [0.15, 0.2) is 0 Å². The number of phenolic OH excluding ortho intramolecular Hbond substituents is 1. The lowest BCUT2D eigenvalue weighted by Crippen LogP contribution is -2.54. The van der Waals surface area contributed by atoms with E-state index in [0.29, 0.717) is 0 Å². The molecule has 2 aromatic carbocycles. The molecule has 13 nitrogen and oxygen atoms in total. The van der Waals surface area contributed by atoms with Gasteiger partial charge in [0.05, 0.1) is 19.1 Å². The number of aromatic amines is 1. The highest BCUT2D eigenvalue weighted by atomic mass is 16.4. The molecule has 3 rings (SSSR count). The third-order valence-corrected chi connectivity index (χ3v) is 6.67. The summed E-state index contributed by atoms with van der Waals surface area (Å²) in [5.74, 6) is -3.67. The van der Waals surface area contributed by atoms with Crippen LogP contribution < -0.4 is 27.0 Å². The number of fused-ring (bicyclic) bond motifs is 1. The highest BCUT2D eigenvalue weighted by Crippen LogP contribution is 2.19. The summed E-state index contributed by atoms with van der Waals surface area (Å²) in [5, 5.41) is 29.7. The first-order chi connectivity index (χ1) is 20.4. The topological polar surface area (TPSA) is 216 Å². The number of hydrogen-bond donors (Lipinski definition) is 8. The summed E-state index contributed by atoms with van der Waals surface area (Å²) in [4.78, 5) is 65.4. The van der Waals surface area contributed by atoms with Gasteiger partial charge in [-0.25, -0.2) is 4.79 Å². The first-order valence-electron chi connectivity index (χ1n) is 13.9. The Labute approximate surface area is 248 Å². The summed E-state index contributed by atoms with van der Waals surface area (Å²) in [6, 6.07) is 10.4. The number of carboxylic acids is 1. The number of rotatable bonds is 15. The average Bonchev–Trinajstić information content (AvgIpc) is 3.37. The molecule has 9 N–H and O–H groups in total. The first-order valence-corrected chi connectivity index (χ1v) is 13.9. The fourth-order valence-electron chi connectivity index (χ4n) is 4.46. The van der Waals surface area contributed by atoms with Crippen molar-refractivity contribution in [1.29, 1.82) is 0 Å². The second-order valence-electron chi connectivity index (χ2n) is 10.7. The zero-order valence-electron chi connectivity index (χ0n) is 24.1. The summed E-state index contributed by atoms with van der Waals surface area (Å²) < 4.78 is 0. The molecule has 0 aliphatic heterocycles. The number of para-hydroxylation sites is 1. The smallest absolute Gasteiger partial charge is 0.326 e. The number of hydrogen-bond acceptors (Lipinski definition) is 7. The lowest BCUT2D eigenvalue weighted by Gasteiger charge is -2.22. The predicted molar refractivity (Wildman–Crippen MR) is 159 cm³/mol. The van der Waals surface area contributed by atoms with Gasteiger partial charge in [-0.05, 0) is 48.1 Å². The van der Waals surface area contributed by atoms with Gasteiger partial charge in [-0.2, -0.15) is 0 Å². The molecule has 0 aliphatic carbocycles. The van der Waals surface area contributed by atoms with Gasteiger partial charge in [0.1, 0.15) is 17.8 Å². The van der Waals surface area contributed by atoms with Gasteiger partial charge in [0, 0.05) is 23.5 Å². The summed E-state index contributed by atoms with van der Waals surface area (Å²) in [6.45, 7) is 2.76. The Balaban J connectivity index is 1.57. The van der Waals surface area contributed by atoms with Gasteiger partial charge >= 0.3 is 5.97 Å². The quantitative estimate of drug-likeness (QED) is 0.122. The van der Waals surface area contributed by atoms with Crippen LogP contribution in [0.3, 0.4) is 0 Å². The van der Waals surface area contributed by atoms with Crippen LogP contribution in [0.25, 0.3) is 10.9 Å². The molecule has 3 aromatic rings. The van der Waals surface area contributed by atoms with E-state index in [2.05, 4.69) is 26.3 Å². The molecule has 4 amide bonds. The highest BCUT2D eigenvalue weighted by Gasteiger charge is 2.28. The van der Waals surface area contributed by atoms with Gasteiger partial charge in [0.25, 0.3) is 0 Å². The Kier molecular flexibility index (Phi) is 11.6. The number of nitrogens with two attached hydrogens (primary N) is 1. The van der Waals surface area contributed by atoms with Crippen molar-refractivity contribution in [2.45, 2.75) is 51.2 Å². The van der Waals surface area contributed by atoms with Crippen molar-refractivity contribution in [2.24, 2.45) is 11.7 Å². The van der Waals surface area contributed by atoms with Crippen LogP contribution in [-0.2, 0) is 36.8 Å². The van der Waals surface area contributed by atoms with E-state index in [0.717, 1.165) is 22.0 Å². The molecule has 0 radical (unpaired) electrons. The number of aromatic hydroxyl groups is 1. The minimum absolute atomic E-state index is 0.00104. The van der Waals surface area contributed by atoms with E-state index in [1.165, 1.54) is 12.1 Å². The predicted octanol–water partition coefficient (Wildman–Crippen LogP) is 0.319. The summed E-state index contributed by atoms with van der Waals surface area (Å²) >= 11 is 0. The Morgan fingerprint density at radius 2 is 1.51 bits per heavy atom. The number of carboxylic acid groups (broad SMARTS) is 1. The molecule has 0 bridgehead atoms. The van der Waals surface area contributed by atoms with Crippen molar-refractivity contribution in [3.8, 4) is 5.75 Å². The minimum atomic E-state index is -1.18. The van der Waals surface area contributed by atoms with E-state index in [1.54, 1.807) is 18.3 Å². The van der Waals surface area contributed by atoms with Crippen molar-refractivity contribution >= 4 is 40.5 Å². The van der Waals surface area contributed by atoms with Crippen molar-refractivity contribution in [1.82, 2.24) is 26.3 Å². The maximum absolute atomic E-state index is 13.2. The van der Waals surface area contributed by atoms with Crippen LogP contribution >= 0.6 is 0 Å². The molecule has 230 valence electrons. The second-order valence-corrected chi connectivity index (χ2v) is 10.7. The van der Waals surface area contributed by atoms with E-state index in [9.17, 15) is 34.2 Å². The molecular weight excluding hydrogens is 556 g/mol. The number of phenols is 1. The van der Waals surface area contributed by atoms with Gasteiger partial charge in [-0.1, -0.05) is 44.2 Å². The molecule has 0 spiro atoms. The van der Waals surface area contributed by atoms with E-state index < -0.39 is 60.8 Å². The van der Waals surface area contributed by atoms with Crippen LogP contribution in [0, 0.1) is 5.92 Å². The van der Waals surface area contributed by atoms with Crippen molar-refractivity contribution in [3.63, 3.8) is 0 Å². The second kappa shape index (κ2) is 15.4. The SMILES string of the molecule is CC(C)C[C@H](NC(=O)[C@@H](Cc1c[nH]c2ccccc12)NC(=O)CNC(=O)CNC(=O)[C@@H](N)Cc1ccc(O)cc1)C(=O)O. The summed E-state index contributed by atoms with van der Waals surface area (Å²) in [5.41, 5.74) is 8.20. The van der Waals surface area contributed by atoms with Crippen LogP contribution in [0.15, 0.2) is 54.7 Å².